The van der Waals surface area contributed by atoms with Gasteiger partial charge in [0, 0.05) is 23.4 Å². The zero-order valence-corrected chi connectivity index (χ0v) is 18.7. The van der Waals surface area contributed by atoms with Crippen LogP contribution in [-0.4, -0.2) is 36.6 Å². The maximum Gasteiger partial charge on any atom is 0.226 e. The number of hydrogen-bond acceptors (Lipinski definition) is 5. The number of carbonyl (C=O) groups is 1. The van der Waals surface area contributed by atoms with E-state index in [1.165, 1.54) is 11.1 Å². The van der Waals surface area contributed by atoms with Crippen molar-refractivity contribution in [1.82, 2.24) is 24.8 Å². The molecular weight excluding hydrogens is 414 g/mol. The second-order valence-corrected chi connectivity index (χ2v) is 10.1. The minimum atomic E-state index is -0.398. The van der Waals surface area contributed by atoms with Crippen molar-refractivity contribution in [3.63, 3.8) is 0 Å². The van der Waals surface area contributed by atoms with Gasteiger partial charge in [-0.3, -0.25) is 14.8 Å². The van der Waals surface area contributed by atoms with Gasteiger partial charge in [-0.25, -0.2) is 4.98 Å². The van der Waals surface area contributed by atoms with E-state index in [1.54, 1.807) is 18.6 Å². The van der Waals surface area contributed by atoms with Gasteiger partial charge in [-0.2, -0.15) is 0 Å². The molecule has 7 heteroatoms. The van der Waals surface area contributed by atoms with Crippen LogP contribution in [-0.2, 0) is 11.3 Å². The number of amides is 1. The largest absolute Gasteiger partial charge is 0.392 e. The van der Waals surface area contributed by atoms with Gasteiger partial charge in [0.15, 0.2) is 0 Å². The predicted molar refractivity (Wildman–Crippen MR) is 123 cm³/mol. The minimum absolute atomic E-state index is 0.0920. The molecule has 7 rings (SSSR count). The van der Waals surface area contributed by atoms with Gasteiger partial charge in [-0.1, -0.05) is 24.3 Å². The smallest absolute Gasteiger partial charge is 0.226 e. The third-order valence-corrected chi connectivity index (χ3v) is 8.58. The molecule has 0 saturated heterocycles. The Balaban J connectivity index is 1.14. The summed E-state index contributed by atoms with van der Waals surface area (Å²) in [6.07, 6.45) is 14.3. The number of fused-ring (bicyclic) bond motifs is 6. The lowest BCUT2D eigenvalue weighted by Gasteiger charge is -2.54. The molecule has 7 nitrogen and oxygen atoms in total. The second-order valence-electron chi connectivity index (χ2n) is 10.1. The van der Waals surface area contributed by atoms with Crippen LogP contribution in [0.3, 0.4) is 0 Å². The standard InChI is InChI=1S/C26H29N5O2/c32-23(13-21-19-3-1-2-4-20(19)22-16-28-17-31(21)22)25-5-8-26(9-6-25,10-7-25)24(33)30-15-18-14-27-11-12-29-18/h1-4,11-12,14,16-17,21,23,32H,5-10,13,15H2,(H,30,33). The molecule has 2 bridgehead atoms. The van der Waals surface area contributed by atoms with Crippen molar-refractivity contribution in [3.8, 4) is 11.3 Å². The molecule has 0 spiro atoms. The van der Waals surface area contributed by atoms with Gasteiger partial charge in [-0.15, -0.1) is 0 Å². The average Bonchev–Trinajstić information content (AvgIpc) is 3.47. The van der Waals surface area contributed by atoms with E-state index in [0.717, 1.165) is 49.9 Å². The first kappa shape index (κ1) is 20.5. The summed E-state index contributed by atoms with van der Waals surface area (Å²) in [6, 6.07) is 8.57. The van der Waals surface area contributed by atoms with E-state index in [4.69, 9.17) is 0 Å². The van der Waals surface area contributed by atoms with Crippen LogP contribution < -0.4 is 5.32 Å². The Morgan fingerprint density at radius 1 is 1.09 bits per heavy atom. The highest BCUT2D eigenvalue weighted by Gasteiger charge is 2.55. The highest BCUT2D eigenvalue weighted by atomic mass is 16.3. The second kappa shape index (κ2) is 7.76. The summed E-state index contributed by atoms with van der Waals surface area (Å²) >= 11 is 0. The van der Waals surface area contributed by atoms with E-state index in [1.807, 2.05) is 12.5 Å². The zero-order valence-electron chi connectivity index (χ0n) is 18.7. The number of aliphatic hydroxyl groups is 1. The van der Waals surface area contributed by atoms with Crippen LogP contribution in [0.2, 0.25) is 0 Å². The first-order chi connectivity index (χ1) is 16.1. The molecule has 1 aromatic carbocycles. The van der Waals surface area contributed by atoms with Crippen molar-refractivity contribution < 1.29 is 9.90 Å². The fourth-order valence-corrected chi connectivity index (χ4v) is 6.47. The predicted octanol–water partition coefficient (Wildman–Crippen LogP) is 3.65. The summed E-state index contributed by atoms with van der Waals surface area (Å²) in [7, 11) is 0. The first-order valence-corrected chi connectivity index (χ1v) is 11.9. The van der Waals surface area contributed by atoms with Gasteiger partial charge in [0.1, 0.15) is 0 Å². The monoisotopic (exact) mass is 443 g/mol. The lowest BCUT2D eigenvalue weighted by molar-refractivity contribution is -0.148. The highest BCUT2D eigenvalue weighted by molar-refractivity contribution is 5.83. The molecule has 170 valence electrons. The van der Waals surface area contributed by atoms with Gasteiger partial charge >= 0.3 is 0 Å². The van der Waals surface area contributed by atoms with Crippen molar-refractivity contribution in [2.75, 3.05) is 0 Å². The molecule has 2 unspecified atom stereocenters. The highest BCUT2D eigenvalue weighted by Crippen LogP contribution is 2.59. The van der Waals surface area contributed by atoms with E-state index >= 15 is 0 Å². The third kappa shape index (κ3) is 3.29. The summed E-state index contributed by atoms with van der Waals surface area (Å²) in [5.74, 6) is 0.128. The molecule has 2 atom stereocenters. The molecular formula is C26H29N5O2. The fourth-order valence-electron chi connectivity index (χ4n) is 6.47. The van der Waals surface area contributed by atoms with Gasteiger partial charge in [-0.05, 0) is 55.9 Å². The summed E-state index contributed by atoms with van der Waals surface area (Å²) in [5, 5.41) is 14.6. The molecule has 0 radical (unpaired) electrons. The van der Waals surface area contributed by atoms with Gasteiger partial charge in [0.05, 0.1) is 48.8 Å². The average molecular weight is 444 g/mol. The fraction of sp³-hybridized carbons (Fsp3) is 0.462. The molecule has 3 fully saturated rings. The van der Waals surface area contributed by atoms with Crippen molar-refractivity contribution in [3.05, 3.63) is 66.6 Å². The van der Waals surface area contributed by atoms with Gasteiger partial charge in [0.25, 0.3) is 0 Å². The molecule has 2 N–H and O–H groups in total. The number of aliphatic hydroxyl groups excluding tert-OH is 1. The van der Waals surface area contributed by atoms with E-state index in [2.05, 4.69) is 49.1 Å². The van der Waals surface area contributed by atoms with Crippen LogP contribution in [0.25, 0.3) is 11.3 Å². The van der Waals surface area contributed by atoms with Crippen molar-refractivity contribution in [1.29, 1.82) is 0 Å². The summed E-state index contributed by atoms with van der Waals surface area (Å²) in [5.41, 5.74) is 4.00. The van der Waals surface area contributed by atoms with Crippen LogP contribution in [0.15, 0.2) is 55.4 Å². The topological polar surface area (TPSA) is 92.9 Å². The zero-order chi connectivity index (χ0) is 22.5. The number of imidazole rings is 1. The van der Waals surface area contributed by atoms with E-state index in [9.17, 15) is 9.90 Å². The number of benzene rings is 1. The Hall–Kier alpha value is -3.06. The van der Waals surface area contributed by atoms with Crippen molar-refractivity contribution in [2.24, 2.45) is 10.8 Å². The first-order valence-electron chi connectivity index (χ1n) is 11.9. The van der Waals surface area contributed by atoms with Crippen LogP contribution in [0.1, 0.15) is 62.2 Å². The molecule has 1 aliphatic heterocycles. The Morgan fingerprint density at radius 3 is 2.64 bits per heavy atom. The molecule has 3 heterocycles. The molecule has 1 amide bonds. The number of nitrogens with one attached hydrogen (secondary N) is 1. The number of hydrogen-bond donors (Lipinski definition) is 2. The summed E-state index contributed by atoms with van der Waals surface area (Å²) in [6.45, 7) is 0.413. The molecule has 3 aliphatic carbocycles. The van der Waals surface area contributed by atoms with Gasteiger partial charge in [0.2, 0.25) is 5.91 Å². The molecule has 2 aromatic heterocycles. The molecule has 3 aromatic rings. The molecule has 33 heavy (non-hydrogen) atoms. The number of carbonyl (C=O) groups excluding carboxylic acids is 1. The Kier molecular flexibility index (Phi) is 4.83. The third-order valence-electron chi connectivity index (χ3n) is 8.58. The number of aromatic nitrogens is 4. The number of rotatable bonds is 6. The van der Waals surface area contributed by atoms with Crippen LogP contribution >= 0.6 is 0 Å². The quantitative estimate of drug-likeness (QED) is 0.607. The molecule has 4 aliphatic rings. The normalized spacial score (nSPS) is 28.2. The van der Waals surface area contributed by atoms with Crippen molar-refractivity contribution in [2.45, 2.75) is 63.6 Å². The SMILES string of the molecule is O=C(NCc1cnccn1)C12CCC(C(O)CC3c4ccccc4-c4cncn43)(CC1)CC2. The number of nitrogens with zero attached hydrogens (tertiary/aromatic N) is 4. The minimum Gasteiger partial charge on any atom is -0.392 e. The van der Waals surface area contributed by atoms with Crippen LogP contribution in [0, 0.1) is 10.8 Å². The Labute approximate surface area is 193 Å². The van der Waals surface area contributed by atoms with Crippen LogP contribution in [0.5, 0.6) is 0 Å². The van der Waals surface area contributed by atoms with E-state index < -0.39 is 6.10 Å². The van der Waals surface area contributed by atoms with Gasteiger partial charge < -0.3 is 15.0 Å². The lowest BCUT2D eigenvalue weighted by atomic mass is 9.51. The van der Waals surface area contributed by atoms with E-state index in [-0.39, 0.29) is 22.8 Å². The maximum atomic E-state index is 13.1. The summed E-state index contributed by atoms with van der Waals surface area (Å²) < 4.78 is 2.21. The summed E-state index contributed by atoms with van der Waals surface area (Å²) in [4.78, 5) is 25.8. The maximum absolute atomic E-state index is 13.1. The van der Waals surface area contributed by atoms with Crippen LogP contribution in [0.4, 0.5) is 0 Å². The Bertz CT molecular complexity index is 1150. The lowest BCUT2D eigenvalue weighted by Crippen LogP contribution is -2.53. The Morgan fingerprint density at radius 2 is 1.88 bits per heavy atom. The van der Waals surface area contributed by atoms with Crippen molar-refractivity contribution >= 4 is 5.91 Å². The van der Waals surface area contributed by atoms with E-state index in [0.29, 0.717) is 13.0 Å². The molecule has 3 saturated carbocycles.